The van der Waals surface area contributed by atoms with Gasteiger partial charge in [0.1, 0.15) is 5.75 Å². The van der Waals surface area contributed by atoms with Crippen molar-refractivity contribution in [3.8, 4) is 45.4 Å². The highest BCUT2D eigenvalue weighted by molar-refractivity contribution is 6.02. The van der Waals surface area contributed by atoms with Gasteiger partial charge in [-0.2, -0.15) is 0 Å². The third kappa shape index (κ3) is 3.54. The zero-order valence-corrected chi connectivity index (χ0v) is 17.8. The number of hydrogen-bond acceptors (Lipinski definition) is 7. The topological polar surface area (TPSA) is 88.7 Å². The summed E-state index contributed by atoms with van der Waals surface area (Å²) in [4.78, 5) is 8.83. The van der Waals surface area contributed by atoms with E-state index in [0.717, 1.165) is 33.2 Å². The van der Waals surface area contributed by atoms with Gasteiger partial charge in [-0.05, 0) is 35.2 Å². The van der Waals surface area contributed by atoms with Crippen LogP contribution in [0.25, 0.3) is 33.2 Å². The molecule has 0 atom stereocenters. The number of rotatable bonds is 6. The molecular formula is C24H23N3O4. The van der Waals surface area contributed by atoms with Gasteiger partial charge in [0.15, 0.2) is 11.5 Å². The van der Waals surface area contributed by atoms with Crippen molar-refractivity contribution in [3.05, 3.63) is 54.7 Å². The van der Waals surface area contributed by atoms with Gasteiger partial charge in [-0.15, -0.1) is 0 Å². The average molecular weight is 417 g/mol. The molecule has 0 unspecified atom stereocenters. The van der Waals surface area contributed by atoms with Crippen LogP contribution in [0, 0.1) is 0 Å². The van der Waals surface area contributed by atoms with Gasteiger partial charge in [0.25, 0.3) is 0 Å². The Morgan fingerprint density at radius 1 is 0.710 bits per heavy atom. The molecule has 7 heteroatoms. The van der Waals surface area contributed by atoms with E-state index >= 15 is 0 Å². The van der Waals surface area contributed by atoms with Crippen LogP contribution in [0.4, 0.5) is 5.95 Å². The fourth-order valence-electron chi connectivity index (χ4n) is 3.70. The van der Waals surface area contributed by atoms with Gasteiger partial charge in [0, 0.05) is 22.7 Å². The highest BCUT2D eigenvalue weighted by Crippen LogP contribution is 2.44. The van der Waals surface area contributed by atoms with Crippen LogP contribution in [0.3, 0.4) is 0 Å². The molecule has 1 heterocycles. The maximum absolute atomic E-state index is 5.98. The lowest BCUT2D eigenvalue weighted by molar-refractivity contribution is 0.324. The van der Waals surface area contributed by atoms with Crippen LogP contribution in [0.5, 0.6) is 23.0 Å². The first-order valence-electron chi connectivity index (χ1n) is 9.60. The zero-order chi connectivity index (χ0) is 22.0. The Bertz CT molecular complexity index is 1230. The van der Waals surface area contributed by atoms with E-state index in [0.29, 0.717) is 22.9 Å². The molecule has 4 aromatic rings. The van der Waals surface area contributed by atoms with Crippen LogP contribution in [0.15, 0.2) is 54.7 Å². The van der Waals surface area contributed by atoms with Crippen LogP contribution in [-0.4, -0.2) is 38.4 Å². The zero-order valence-electron chi connectivity index (χ0n) is 17.8. The Labute approximate surface area is 180 Å². The summed E-state index contributed by atoms with van der Waals surface area (Å²) in [6.45, 7) is 0. The predicted molar refractivity (Wildman–Crippen MR) is 121 cm³/mol. The van der Waals surface area contributed by atoms with Crippen molar-refractivity contribution < 1.29 is 18.9 Å². The molecule has 7 nitrogen and oxygen atoms in total. The Morgan fingerprint density at radius 3 is 1.97 bits per heavy atom. The highest BCUT2D eigenvalue weighted by Gasteiger charge is 2.19. The van der Waals surface area contributed by atoms with E-state index in [1.807, 2.05) is 48.5 Å². The van der Waals surface area contributed by atoms with Crippen LogP contribution in [0.2, 0.25) is 0 Å². The van der Waals surface area contributed by atoms with Crippen molar-refractivity contribution in [2.45, 2.75) is 0 Å². The second-order valence-corrected chi connectivity index (χ2v) is 6.77. The van der Waals surface area contributed by atoms with Gasteiger partial charge >= 0.3 is 0 Å². The minimum absolute atomic E-state index is 0.186. The standard InChI is InChI=1S/C24H23N3O4/c1-28-19-10-9-17(15-7-5-6-8-16(15)19)22-18(13-26-24(25)27-22)14-11-20(29-2)23(31-4)21(12-14)30-3/h5-13H,1-4H3,(H2,25,26,27). The molecule has 0 spiro atoms. The van der Waals surface area contributed by atoms with E-state index in [1.54, 1.807) is 34.6 Å². The molecular weight excluding hydrogens is 394 g/mol. The predicted octanol–water partition coefficient (Wildman–Crippen LogP) is 4.58. The van der Waals surface area contributed by atoms with Crippen LogP contribution < -0.4 is 24.7 Å². The number of methoxy groups -OCH3 is 4. The van der Waals surface area contributed by atoms with E-state index in [2.05, 4.69) is 9.97 Å². The van der Waals surface area contributed by atoms with Crippen molar-refractivity contribution >= 4 is 16.7 Å². The van der Waals surface area contributed by atoms with E-state index in [1.165, 1.54) is 0 Å². The van der Waals surface area contributed by atoms with Gasteiger partial charge in [0.2, 0.25) is 11.7 Å². The Hall–Kier alpha value is -4.00. The Morgan fingerprint density at radius 2 is 1.35 bits per heavy atom. The van der Waals surface area contributed by atoms with Crippen molar-refractivity contribution in [1.82, 2.24) is 9.97 Å². The van der Waals surface area contributed by atoms with Gasteiger partial charge < -0.3 is 24.7 Å². The first-order valence-corrected chi connectivity index (χ1v) is 9.60. The first-order chi connectivity index (χ1) is 15.1. The summed E-state index contributed by atoms with van der Waals surface area (Å²) in [6.07, 6.45) is 1.71. The van der Waals surface area contributed by atoms with Gasteiger partial charge in [-0.3, -0.25) is 0 Å². The summed E-state index contributed by atoms with van der Waals surface area (Å²) in [5.41, 5.74) is 9.18. The van der Waals surface area contributed by atoms with Crippen molar-refractivity contribution in [1.29, 1.82) is 0 Å². The summed E-state index contributed by atoms with van der Waals surface area (Å²) in [5, 5.41) is 1.98. The SMILES string of the molecule is COc1cc(-c2cnc(N)nc2-c2ccc(OC)c3ccccc23)cc(OC)c1OC. The monoisotopic (exact) mass is 417 g/mol. The number of aromatic nitrogens is 2. The van der Waals surface area contributed by atoms with E-state index < -0.39 is 0 Å². The molecule has 31 heavy (non-hydrogen) atoms. The second-order valence-electron chi connectivity index (χ2n) is 6.77. The molecule has 0 aliphatic heterocycles. The van der Waals surface area contributed by atoms with Crippen molar-refractivity contribution in [2.24, 2.45) is 0 Å². The Kier molecular flexibility index (Phi) is 5.49. The molecule has 4 rings (SSSR count). The molecule has 0 aliphatic rings. The third-order valence-electron chi connectivity index (χ3n) is 5.14. The van der Waals surface area contributed by atoms with Crippen molar-refractivity contribution in [3.63, 3.8) is 0 Å². The van der Waals surface area contributed by atoms with Gasteiger partial charge in [-0.25, -0.2) is 9.97 Å². The van der Waals surface area contributed by atoms with E-state index in [9.17, 15) is 0 Å². The third-order valence-corrected chi connectivity index (χ3v) is 5.14. The molecule has 158 valence electrons. The molecule has 0 bridgehead atoms. The normalized spacial score (nSPS) is 10.7. The number of nitrogens with two attached hydrogens (primary N) is 1. The number of nitrogen functional groups attached to an aromatic ring is 1. The number of hydrogen-bond donors (Lipinski definition) is 1. The molecule has 0 radical (unpaired) electrons. The quantitative estimate of drug-likeness (QED) is 0.491. The number of anilines is 1. The largest absolute Gasteiger partial charge is 0.496 e. The summed E-state index contributed by atoms with van der Waals surface area (Å²) < 4.78 is 22.0. The molecule has 2 N–H and O–H groups in total. The molecule has 1 aromatic heterocycles. The lowest BCUT2D eigenvalue weighted by Gasteiger charge is -2.17. The fourth-order valence-corrected chi connectivity index (χ4v) is 3.70. The van der Waals surface area contributed by atoms with Gasteiger partial charge in [0.05, 0.1) is 34.1 Å². The molecule has 3 aromatic carbocycles. The van der Waals surface area contributed by atoms with Gasteiger partial charge in [-0.1, -0.05) is 24.3 Å². The first kappa shape index (κ1) is 20.3. The summed E-state index contributed by atoms with van der Waals surface area (Å²) in [7, 11) is 6.39. The second kappa shape index (κ2) is 8.39. The average Bonchev–Trinajstić information content (AvgIpc) is 2.82. The molecule has 0 saturated carbocycles. The molecule has 0 saturated heterocycles. The lowest BCUT2D eigenvalue weighted by Crippen LogP contribution is -2.01. The summed E-state index contributed by atoms with van der Waals surface area (Å²) in [5.74, 6) is 2.57. The van der Waals surface area contributed by atoms with Crippen LogP contribution >= 0.6 is 0 Å². The van der Waals surface area contributed by atoms with Crippen LogP contribution in [-0.2, 0) is 0 Å². The van der Waals surface area contributed by atoms with Crippen LogP contribution in [0.1, 0.15) is 0 Å². The highest BCUT2D eigenvalue weighted by atomic mass is 16.5. The lowest BCUT2D eigenvalue weighted by atomic mass is 9.95. The molecule has 0 amide bonds. The minimum Gasteiger partial charge on any atom is -0.496 e. The summed E-state index contributed by atoms with van der Waals surface area (Å²) in [6, 6.07) is 15.6. The molecule has 0 fully saturated rings. The van der Waals surface area contributed by atoms with E-state index in [4.69, 9.17) is 24.7 Å². The maximum atomic E-state index is 5.98. The number of ether oxygens (including phenoxy) is 4. The summed E-state index contributed by atoms with van der Waals surface area (Å²) >= 11 is 0. The number of benzene rings is 3. The van der Waals surface area contributed by atoms with E-state index in [-0.39, 0.29) is 5.95 Å². The minimum atomic E-state index is 0.186. The maximum Gasteiger partial charge on any atom is 0.220 e. The van der Waals surface area contributed by atoms with Crippen molar-refractivity contribution in [2.75, 3.05) is 34.2 Å². The number of fused-ring (bicyclic) bond motifs is 1. The number of nitrogens with zero attached hydrogens (tertiary/aromatic N) is 2. The Balaban J connectivity index is 2.01. The fraction of sp³-hybridized carbons (Fsp3) is 0.167. The smallest absolute Gasteiger partial charge is 0.220 e. The molecule has 0 aliphatic carbocycles.